The van der Waals surface area contributed by atoms with E-state index in [0.717, 1.165) is 96.3 Å². The van der Waals surface area contributed by atoms with Gasteiger partial charge in [-0.1, -0.05) is 214 Å². The van der Waals surface area contributed by atoms with Gasteiger partial charge in [0.25, 0.3) is 0 Å². The van der Waals surface area contributed by atoms with Gasteiger partial charge in [0.05, 0.1) is 25.4 Å². The lowest BCUT2D eigenvalue weighted by Crippen LogP contribution is -2.61. The van der Waals surface area contributed by atoms with Crippen LogP contribution in [-0.4, -0.2) is 99.6 Å². The molecule has 71 heavy (non-hydrogen) atoms. The fourth-order valence-corrected chi connectivity index (χ4v) is 8.05. The predicted molar refractivity (Wildman–Crippen MR) is 292 cm³/mol. The van der Waals surface area contributed by atoms with Crippen molar-refractivity contribution < 1.29 is 49.3 Å². The Labute approximate surface area is 431 Å². The number of rotatable bonds is 45. The molecule has 1 rings (SSSR count). The molecule has 0 aromatic heterocycles. The maximum atomic E-state index is 13.3. The first kappa shape index (κ1) is 65.6. The molecule has 1 aliphatic heterocycles. The molecular formula is C60H101NO10. The Morgan fingerprint density at radius 2 is 1.07 bits per heavy atom. The molecule has 0 radical (unpaired) electrons. The van der Waals surface area contributed by atoms with E-state index in [1.54, 1.807) is 6.08 Å². The van der Waals surface area contributed by atoms with Gasteiger partial charge in [0.15, 0.2) is 12.4 Å². The zero-order valence-corrected chi connectivity index (χ0v) is 44.6. The molecule has 8 unspecified atom stereocenters. The van der Waals surface area contributed by atoms with Gasteiger partial charge in [-0.25, -0.2) is 0 Å². The van der Waals surface area contributed by atoms with E-state index in [-0.39, 0.29) is 19.4 Å². The highest BCUT2D eigenvalue weighted by molar-refractivity contribution is 5.80. The molecule has 1 fully saturated rings. The molecule has 1 saturated heterocycles. The average Bonchev–Trinajstić information content (AvgIpc) is 3.37. The molecule has 11 heteroatoms. The molecular weight excluding hydrogens is 895 g/mol. The highest BCUT2D eigenvalue weighted by atomic mass is 16.7. The third kappa shape index (κ3) is 36.2. The molecule has 1 amide bonds. The van der Waals surface area contributed by atoms with Crippen LogP contribution in [0.4, 0.5) is 0 Å². The Balaban J connectivity index is 2.78. The van der Waals surface area contributed by atoms with Crippen LogP contribution in [0.25, 0.3) is 0 Å². The molecule has 406 valence electrons. The maximum absolute atomic E-state index is 13.3. The fraction of sp³-hybridized carbons (Fsp3) is 0.700. The number of ether oxygens (including phenoxy) is 3. The Bertz CT molecular complexity index is 1520. The van der Waals surface area contributed by atoms with Crippen LogP contribution in [0.15, 0.2) is 97.2 Å². The van der Waals surface area contributed by atoms with Crippen molar-refractivity contribution in [1.82, 2.24) is 5.32 Å². The molecule has 0 spiro atoms. The SMILES string of the molecule is CC/C=C/C=C/C=C/CCCCCCCCC(O)C(=O)NC(COC1OC(CO)C(O)C(O)C1OC(=O)CCC/C=C\C/C=C\C/C=C\C/C=C\CCCCC)C(O)/C=C/CCCCCCCCCCC. The largest absolute Gasteiger partial charge is 0.454 e. The van der Waals surface area contributed by atoms with Crippen molar-refractivity contribution >= 4 is 11.9 Å². The lowest BCUT2D eigenvalue weighted by atomic mass is 9.99. The minimum Gasteiger partial charge on any atom is -0.454 e. The molecule has 0 bridgehead atoms. The van der Waals surface area contributed by atoms with Crippen LogP contribution in [0.3, 0.4) is 0 Å². The van der Waals surface area contributed by atoms with E-state index in [9.17, 15) is 35.1 Å². The quantitative estimate of drug-likeness (QED) is 0.0149. The highest BCUT2D eigenvalue weighted by Gasteiger charge is 2.47. The van der Waals surface area contributed by atoms with Crippen molar-refractivity contribution in [3.05, 3.63) is 97.2 Å². The van der Waals surface area contributed by atoms with Gasteiger partial charge in [0.1, 0.15) is 24.4 Å². The van der Waals surface area contributed by atoms with Crippen molar-refractivity contribution in [2.45, 2.75) is 256 Å². The fourth-order valence-electron chi connectivity index (χ4n) is 8.05. The molecule has 11 nitrogen and oxygen atoms in total. The Hall–Kier alpha value is -3.42. The van der Waals surface area contributed by atoms with E-state index in [1.807, 2.05) is 30.4 Å². The van der Waals surface area contributed by atoms with Crippen molar-refractivity contribution in [3.63, 3.8) is 0 Å². The van der Waals surface area contributed by atoms with Gasteiger partial charge in [-0.3, -0.25) is 9.59 Å². The first-order valence-electron chi connectivity index (χ1n) is 28.0. The summed E-state index contributed by atoms with van der Waals surface area (Å²) < 4.78 is 17.5. The summed E-state index contributed by atoms with van der Waals surface area (Å²) in [6, 6.07) is -1.05. The number of amides is 1. The molecule has 1 heterocycles. The Kier molecular flexibility index (Phi) is 44.0. The molecule has 0 aromatic rings. The zero-order valence-electron chi connectivity index (χ0n) is 44.6. The number of aliphatic hydroxyl groups excluding tert-OH is 5. The van der Waals surface area contributed by atoms with E-state index in [2.05, 4.69) is 86.8 Å². The number of allylic oxidation sites excluding steroid dienone is 15. The van der Waals surface area contributed by atoms with Crippen molar-refractivity contribution in [3.8, 4) is 0 Å². The van der Waals surface area contributed by atoms with Gasteiger partial charge < -0.3 is 45.1 Å². The van der Waals surface area contributed by atoms with Crippen LogP contribution in [0.2, 0.25) is 0 Å². The van der Waals surface area contributed by atoms with Gasteiger partial charge in [0, 0.05) is 6.42 Å². The van der Waals surface area contributed by atoms with Crippen LogP contribution in [0, 0.1) is 0 Å². The van der Waals surface area contributed by atoms with Crippen molar-refractivity contribution in [2.75, 3.05) is 13.2 Å². The van der Waals surface area contributed by atoms with E-state index >= 15 is 0 Å². The standard InChI is InChI=1S/C60H101NO10/c1-4-7-10-13-16-19-22-24-26-27-28-30-33-36-39-42-45-48-55(65)71-58-57(67)56(66)54(49-62)70-60(58)69-50-51(52(63)46-43-40-37-34-31-21-18-15-12-9-6-3)61-59(68)53(64)47-44-41-38-35-32-29-25-23-20-17-14-11-8-5-2/h8,11,14,16-17,19-20,23-24,26,28,30,36,39,43,46,51-54,56-58,60,62-64,66-67H,4-7,9-10,12-13,15,18,21-22,25,27,29,31-35,37-38,40-42,44-45,47-50H2,1-3H3,(H,61,68)/b11-8+,17-14+,19-16-,23-20+,26-24-,30-28-,39-36-,46-43+. The highest BCUT2D eigenvalue weighted by Crippen LogP contribution is 2.26. The third-order valence-electron chi connectivity index (χ3n) is 12.5. The summed E-state index contributed by atoms with van der Waals surface area (Å²) in [5, 5.41) is 56.7. The summed E-state index contributed by atoms with van der Waals surface area (Å²) in [5.41, 5.74) is 0. The van der Waals surface area contributed by atoms with Gasteiger partial charge in [0.2, 0.25) is 5.91 Å². The number of unbranched alkanes of at least 4 members (excludes halogenated alkanes) is 19. The molecule has 8 atom stereocenters. The van der Waals surface area contributed by atoms with E-state index in [1.165, 1.54) is 57.8 Å². The van der Waals surface area contributed by atoms with Crippen LogP contribution < -0.4 is 5.32 Å². The maximum Gasteiger partial charge on any atom is 0.306 e. The van der Waals surface area contributed by atoms with Crippen molar-refractivity contribution in [2.24, 2.45) is 0 Å². The number of carbonyl (C=O) groups is 2. The molecule has 1 aliphatic rings. The van der Waals surface area contributed by atoms with Crippen LogP contribution >= 0.6 is 0 Å². The number of esters is 1. The smallest absolute Gasteiger partial charge is 0.306 e. The summed E-state index contributed by atoms with van der Waals surface area (Å²) in [5.74, 6) is -1.28. The molecule has 6 N–H and O–H groups in total. The van der Waals surface area contributed by atoms with Gasteiger partial charge in [-0.15, -0.1) is 0 Å². The summed E-state index contributed by atoms with van der Waals surface area (Å²) in [7, 11) is 0. The summed E-state index contributed by atoms with van der Waals surface area (Å²) in [6.07, 6.45) is 51.7. The third-order valence-corrected chi connectivity index (χ3v) is 12.5. The Morgan fingerprint density at radius 3 is 1.66 bits per heavy atom. The van der Waals surface area contributed by atoms with E-state index in [0.29, 0.717) is 19.3 Å². The molecule has 0 saturated carbocycles. The molecule has 0 aromatic carbocycles. The number of aliphatic hydroxyl groups is 5. The van der Waals surface area contributed by atoms with Gasteiger partial charge >= 0.3 is 5.97 Å². The van der Waals surface area contributed by atoms with Crippen LogP contribution in [0.5, 0.6) is 0 Å². The van der Waals surface area contributed by atoms with Crippen LogP contribution in [-0.2, 0) is 23.8 Å². The van der Waals surface area contributed by atoms with E-state index < -0.39 is 67.4 Å². The minimum absolute atomic E-state index is 0.0414. The predicted octanol–water partition coefficient (Wildman–Crippen LogP) is 12.4. The number of nitrogens with one attached hydrogen (secondary N) is 1. The topological polar surface area (TPSA) is 175 Å². The monoisotopic (exact) mass is 996 g/mol. The lowest BCUT2D eigenvalue weighted by molar-refractivity contribution is -0.305. The first-order chi connectivity index (χ1) is 34.7. The second kappa shape index (κ2) is 47.6. The minimum atomic E-state index is -1.64. The van der Waals surface area contributed by atoms with Crippen molar-refractivity contribution in [1.29, 1.82) is 0 Å². The summed E-state index contributed by atoms with van der Waals surface area (Å²) in [4.78, 5) is 26.4. The second-order valence-electron chi connectivity index (χ2n) is 19.0. The average molecular weight is 996 g/mol. The Morgan fingerprint density at radius 1 is 0.577 bits per heavy atom. The summed E-state index contributed by atoms with van der Waals surface area (Å²) in [6.45, 7) is 5.55. The summed E-state index contributed by atoms with van der Waals surface area (Å²) >= 11 is 0. The zero-order chi connectivity index (χ0) is 51.8. The van der Waals surface area contributed by atoms with Gasteiger partial charge in [-0.05, 0) is 83.5 Å². The van der Waals surface area contributed by atoms with Crippen LogP contribution in [0.1, 0.15) is 207 Å². The second-order valence-corrected chi connectivity index (χ2v) is 19.0. The number of carbonyl (C=O) groups excluding carboxylic acids is 2. The van der Waals surface area contributed by atoms with Gasteiger partial charge in [-0.2, -0.15) is 0 Å². The normalized spacial score (nSPS) is 20.4. The number of hydrogen-bond donors (Lipinski definition) is 6. The number of hydrogen-bond acceptors (Lipinski definition) is 10. The molecule has 0 aliphatic carbocycles. The van der Waals surface area contributed by atoms with E-state index in [4.69, 9.17) is 14.2 Å². The lowest BCUT2D eigenvalue weighted by Gasteiger charge is -2.41. The first-order valence-corrected chi connectivity index (χ1v) is 28.0.